The zero-order valence-electron chi connectivity index (χ0n) is 15.8. The first-order chi connectivity index (χ1) is 14.2. The van der Waals surface area contributed by atoms with Gasteiger partial charge in [-0.25, -0.2) is 9.47 Å². The van der Waals surface area contributed by atoms with Crippen molar-refractivity contribution < 1.29 is 45.6 Å². The van der Waals surface area contributed by atoms with Crippen LogP contribution in [0.15, 0.2) is 54.9 Å². The zero-order chi connectivity index (χ0) is 19.4. The summed E-state index contributed by atoms with van der Waals surface area (Å²) in [6.45, 7) is 1.21. The number of hydrogen-bond donors (Lipinski definition) is 1. The van der Waals surface area contributed by atoms with Crippen LogP contribution in [0.1, 0.15) is 11.1 Å². The maximum Gasteiger partial charge on any atom is 0.397 e. The number of aromatic nitrogens is 2. The van der Waals surface area contributed by atoms with Gasteiger partial charge in [0.15, 0.2) is 23.0 Å². The number of hydrogen-bond acceptors (Lipinski definition) is 7. The molecule has 3 aliphatic heterocycles. The Morgan fingerprint density at radius 2 is 1.67 bits per heavy atom. The Morgan fingerprint density at radius 1 is 0.967 bits per heavy atom. The van der Waals surface area contributed by atoms with Crippen molar-refractivity contribution in [3.05, 3.63) is 66.0 Å². The molecule has 9 heteroatoms. The molecule has 1 atom stereocenters. The van der Waals surface area contributed by atoms with Crippen LogP contribution in [0.4, 0.5) is 5.95 Å². The van der Waals surface area contributed by atoms with Gasteiger partial charge in [0.2, 0.25) is 19.3 Å². The van der Waals surface area contributed by atoms with Gasteiger partial charge in [0.1, 0.15) is 12.7 Å². The van der Waals surface area contributed by atoms with Crippen LogP contribution in [0.25, 0.3) is 0 Å². The van der Waals surface area contributed by atoms with E-state index < -0.39 is 5.72 Å². The Kier molecular flexibility index (Phi) is 4.44. The zero-order valence-corrected chi connectivity index (χ0v) is 17.4. The molecule has 0 amide bonds. The number of benzene rings is 2. The highest BCUT2D eigenvalue weighted by Gasteiger charge is 2.52. The minimum absolute atomic E-state index is 0. The van der Waals surface area contributed by atoms with Crippen molar-refractivity contribution in [2.75, 3.05) is 18.5 Å². The van der Waals surface area contributed by atoms with E-state index >= 15 is 0 Å². The normalized spacial score (nSPS) is 20.1. The maximum absolute atomic E-state index is 11.8. The lowest BCUT2D eigenvalue weighted by Crippen LogP contribution is -3.00. The lowest BCUT2D eigenvalue weighted by Gasteiger charge is -2.28. The first-order valence-corrected chi connectivity index (χ1v) is 9.34. The highest BCUT2D eigenvalue weighted by atomic mass is 79.9. The molecule has 0 fully saturated rings. The van der Waals surface area contributed by atoms with Gasteiger partial charge >= 0.3 is 5.95 Å². The second-order valence-corrected chi connectivity index (χ2v) is 7.21. The predicted molar refractivity (Wildman–Crippen MR) is 99.6 cm³/mol. The van der Waals surface area contributed by atoms with Crippen LogP contribution in [0.5, 0.6) is 23.0 Å². The van der Waals surface area contributed by atoms with E-state index in [4.69, 9.17) is 18.9 Å². The third kappa shape index (κ3) is 2.85. The second-order valence-electron chi connectivity index (χ2n) is 7.21. The minimum Gasteiger partial charge on any atom is -1.00 e. The Bertz CT molecular complexity index is 1130. The van der Waals surface area contributed by atoms with Gasteiger partial charge in [-0.1, -0.05) is 11.1 Å². The number of ether oxygens (including phenoxy) is 4. The summed E-state index contributed by atoms with van der Waals surface area (Å²) in [4.78, 5) is 6.41. The number of nitrogens with zero attached hydrogens (tertiary/aromatic N) is 3. The van der Waals surface area contributed by atoms with Crippen molar-refractivity contribution in [1.29, 1.82) is 0 Å². The van der Waals surface area contributed by atoms with Crippen LogP contribution in [-0.2, 0) is 18.8 Å². The summed E-state index contributed by atoms with van der Waals surface area (Å²) >= 11 is 0. The molecule has 0 bridgehead atoms. The molecular formula is C21H18BrN3O5. The maximum atomic E-state index is 11.8. The van der Waals surface area contributed by atoms with Gasteiger partial charge in [0.05, 0.1) is 12.7 Å². The summed E-state index contributed by atoms with van der Waals surface area (Å²) in [5.74, 6) is 3.44. The molecule has 1 unspecified atom stereocenters. The van der Waals surface area contributed by atoms with E-state index in [1.807, 2.05) is 58.1 Å². The molecule has 1 N–H and O–H groups in total. The fourth-order valence-corrected chi connectivity index (χ4v) is 4.05. The fourth-order valence-electron chi connectivity index (χ4n) is 4.05. The number of anilines is 1. The van der Waals surface area contributed by atoms with Gasteiger partial charge in [0, 0.05) is 11.6 Å². The van der Waals surface area contributed by atoms with Crippen LogP contribution in [0.3, 0.4) is 0 Å². The lowest BCUT2D eigenvalue weighted by molar-refractivity contribution is -0.685. The van der Waals surface area contributed by atoms with E-state index in [0.29, 0.717) is 41.8 Å². The van der Waals surface area contributed by atoms with Crippen molar-refractivity contribution in [3.8, 4) is 23.0 Å². The SMILES string of the molecule is OC1(c2ccc3c(c2)OCO3)C[n+]2cccnc2N1Cc1ccc2c(c1)OCO2.[Br-]. The first kappa shape index (κ1) is 19.0. The molecule has 30 heavy (non-hydrogen) atoms. The van der Waals surface area contributed by atoms with Crippen molar-refractivity contribution in [3.63, 3.8) is 0 Å². The van der Waals surface area contributed by atoms with Gasteiger partial charge in [-0.15, -0.1) is 0 Å². The molecule has 4 heterocycles. The number of rotatable bonds is 3. The van der Waals surface area contributed by atoms with Crippen LogP contribution < -0.4 is 45.4 Å². The van der Waals surface area contributed by atoms with Crippen LogP contribution in [-0.4, -0.2) is 23.7 Å². The van der Waals surface area contributed by atoms with Crippen LogP contribution >= 0.6 is 0 Å². The Hall–Kier alpha value is -3.04. The van der Waals surface area contributed by atoms with E-state index in [2.05, 4.69) is 4.98 Å². The van der Waals surface area contributed by atoms with Gasteiger partial charge in [-0.3, -0.25) is 0 Å². The summed E-state index contributed by atoms with van der Waals surface area (Å²) in [5.41, 5.74) is 0.402. The molecule has 3 aromatic rings. The van der Waals surface area contributed by atoms with E-state index in [9.17, 15) is 5.11 Å². The molecule has 0 radical (unpaired) electrons. The summed E-state index contributed by atoms with van der Waals surface area (Å²) in [6.07, 6.45) is 3.64. The molecule has 154 valence electrons. The largest absolute Gasteiger partial charge is 1.00 e. The van der Waals surface area contributed by atoms with Gasteiger partial charge in [-0.2, -0.15) is 0 Å². The third-order valence-corrected chi connectivity index (χ3v) is 5.49. The number of fused-ring (bicyclic) bond motifs is 3. The molecule has 0 saturated carbocycles. The second kappa shape index (κ2) is 7.03. The summed E-state index contributed by atoms with van der Waals surface area (Å²) < 4.78 is 23.8. The Morgan fingerprint density at radius 3 is 2.47 bits per heavy atom. The monoisotopic (exact) mass is 471 g/mol. The summed E-state index contributed by atoms with van der Waals surface area (Å²) in [6, 6.07) is 13.2. The van der Waals surface area contributed by atoms with E-state index in [1.165, 1.54) is 0 Å². The van der Waals surface area contributed by atoms with E-state index in [0.717, 1.165) is 11.3 Å². The standard InChI is InChI=1S/C21H18N3O5.BrH/c25-21(15-3-5-17-19(9-15)29-13-27-17)11-23-7-1-6-22-20(23)24(21)10-14-2-4-16-18(8-14)28-12-26-16;/h1-9,25H,10-13H2;1H/q+1;/p-1. The van der Waals surface area contributed by atoms with Gasteiger partial charge in [0.25, 0.3) is 0 Å². The molecule has 6 rings (SSSR count). The van der Waals surface area contributed by atoms with Crippen LogP contribution in [0, 0.1) is 0 Å². The van der Waals surface area contributed by atoms with Crippen molar-refractivity contribution in [2.24, 2.45) is 0 Å². The minimum atomic E-state index is -1.29. The summed E-state index contributed by atoms with van der Waals surface area (Å²) in [5, 5.41) is 11.8. The van der Waals surface area contributed by atoms with Gasteiger partial charge in [-0.05, 0) is 35.9 Å². The number of halogens is 1. The van der Waals surface area contributed by atoms with Crippen molar-refractivity contribution >= 4 is 5.95 Å². The number of aliphatic hydroxyl groups is 1. The molecule has 8 nitrogen and oxygen atoms in total. The Balaban J connectivity index is 0.00000193. The van der Waals surface area contributed by atoms with Gasteiger partial charge < -0.3 is 41.0 Å². The topological polar surface area (TPSA) is 77.2 Å². The highest BCUT2D eigenvalue weighted by Crippen LogP contribution is 2.41. The van der Waals surface area contributed by atoms with E-state index in [1.54, 1.807) is 6.20 Å². The smallest absolute Gasteiger partial charge is 0.397 e. The molecule has 0 saturated heterocycles. The van der Waals surface area contributed by atoms with E-state index in [-0.39, 0.29) is 30.6 Å². The molecule has 0 spiro atoms. The summed E-state index contributed by atoms with van der Waals surface area (Å²) in [7, 11) is 0. The van der Waals surface area contributed by atoms with Crippen molar-refractivity contribution in [1.82, 2.24) is 4.98 Å². The molecular weight excluding hydrogens is 454 g/mol. The Labute approximate surface area is 183 Å². The quantitative estimate of drug-likeness (QED) is 0.475. The molecule has 1 aromatic heterocycles. The molecule has 3 aliphatic rings. The highest BCUT2D eigenvalue weighted by molar-refractivity contribution is 5.50. The fraction of sp³-hybridized carbons (Fsp3) is 0.238. The first-order valence-electron chi connectivity index (χ1n) is 9.34. The predicted octanol–water partition coefficient (Wildman–Crippen LogP) is -1.30. The average molecular weight is 472 g/mol. The molecule has 0 aliphatic carbocycles. The third-order valence-electron chi connectivity index (χ3n) is 5.49. The van der Waals surface area contributed by atoms with Crippen LogP contribution in [0.2, 0.25) is 0 Å². The molecule has 2 aromatic carbocycles. The lowest BCUT2D eigenvalue weighted by atomic mass is 10.0. The average Bonchev–Trinajstić information content (AvgIpc) is 3.45. The van der Waals surface area contributed by atoms with Crippen molar-refractivity contribution in [2.45, 2.75) is 18.8 Å².